The average Bonchev–Trinajstić information content (AvgIpc) is 1.90. The second-order valence-corrected chi connectivity index (χ2v) is 2.04. The van der Waals surface area contributed by atoms with Crippen LogP contribution in [0, 0.1) is 0 Å². The Labute approximate surface area is 58.9 Å². The van der Waals surface area contributed by atoms with Gasteiger partial charge < -0.3 is 0 Å². The minimum atomic E-state index is 0.0314. The summed E-state index contributed by atoms with van der Waals surface area (Å²) in [6.07, 6.45) is 0. The molecule has 0 fully saturated rings. The lowest BCUT2D eigenvalue weighted by Crippen LogP contribution is -1.72. The van der Waals surface area contributed by atoms with Gasteiger partial charge in [-0.05, 0) is 17.7 Å². The van der Waals surface area contributed by atoms with E-state index in [2.05, 4.69) is 0 Å². The number of rotatable bonds is 1. The van der Waals surface area contributed by atoms with Crippen molar-refractivity contribution in [2.45, 2.75) is 5.88 Å². The molecular formula is C7H6ClO. The highest BCUT2D eigenvalue weighted by molar-refractivity contribution is 6.17. The molecular weight excluding hydrogens is 136 g/mol. The molecule has 1 aromatic rings. The lowest BCUT2D eigenvalue weighted by atomic mass is 10.2. The van der Waals surface area contributed by atoms with Gasteiger partial charge in [0.1, 0.15) is 0 Å². The van der Waals surface area contributed by atoms with Crippen LogP contribution in [0.5, 0.6) is 5.75 Å². The Hall–Kier alpha value is -0.690. The van der Waals surface area contributed by atoms with E-state index in [0.717, 1.165) is 5.56 Å². The Morgan fingerprint density at radius 3 is 2.22 bits per heavy atom. The zero-order valence-electron chi connectivity index (χ0n) is 4.80. The summed E-state index contributed by atoms with van der Waals surface area (Å²) in [5.74, 6) is 0.504. The second kappa shape index (κ2) is 2.74. The Kier molecular flexibility index (Phi) is 1.96. The van der Waals surface area contributed by atoms with Crippen LogP contribution in [0.15, 0.2) is 24.3 Å². The zero-order chi connectivity index (χ0) is 6.69. The van der Waals surface area contributed by atoms with Crippen molar-refractivity contribution in [3.05, 3.63) is 29.8 Å². The molecule has 1 nitrogen and oxygen atoms in total. The number of halogens is 1. The van der Waals surface area contributed by atoms with Gasteiger partial charge in [-0.3, -0.25) is 5.11 Å². The Morgan fingerprint density at radius 1 is 1.22 bits per heavy atom. The number of hydrogen-bond donors (Lipinski definition) is 0. The maximum atomic E-state index is 10.5. The fraction of sp³-hybridized carbons (Fsp3) is 0.143. The minimum Gasteiger partial charge on any atom is -0.290 e. The third-order valence-corrected chi connectivity index (χ3v) is 1.39. The van der Waals surface area contributed by atoms with Crippen LogP contribution < -0.4 is 0 Å². The molecule has 0 bridgehead atoms. The van der Waals surface area contributed by atoms with Crippen LogP contribution in [0.1, 0.15) is 5.56 Å². The van der Waals surface area contributed by atoms with Crippen molar-refractivity contribution in [3.63, 3.8) is 0 Å². The van der Waals surface area contributed by atoms with Crippen LogP contribution >= 0.6 is 11.6 Å². The van der Waals surface area contributed by atoms with Crippen LogP contribution in [0.4, 0.5) is 0 Å². The van der Waals surface area contributed by atoms with Crippen molar-refractivity contribution in [2.24, 2.45) is 0 Å². The standard InChI is InChI=1S/C7H6ClO/c8-5-6-1-3-7(9)4-2-6/h1-4H,5H2. The monoisotopic (exact) mass is 141 g/mol. The molecule has 0 aliphatic carbocycles. The molecule has 9 heavy (non-hydrogen) atoms. The van der Waals surface area contributed by atoms with E-state index in [1.54, 1.807) is 12.1 Å². The first-order chi connectivity index (χ1) is 4.33. The van der Waals surface area contributed by atoms with Crippen molar-refractivity contribution >= 4 is 11.6 Å². The molecule has 1 aromatic carbocycles. The predicted octanol–water partition coefficient (Wildman–Crippen LogP) is 2.57. The first-order valence-corrected chi connectivity index (χ1v) is 3.18. The quantitative estimate of drug-likeness (QED) is 0.536. The van der Waals surface area contributed by atoms with Crippen LogP contribution in [-0.4, -0.2) is 0 Å². The maximum Gasteiger partial charge on any atom is 0.178 e. The number of benzene rings is 1. The molecule has 0 aromatic heterocycles. The molecule has 47 valence electrons. The molecule has 1 radical (unpaired) electrons. The molecule has 0 amide bonds. The van der Waals surface area contributed by atoms with E-state index >= 15 is 0 Å². The lowest BCUT2D eigenvalue weighted by Gasteiger charge is -1.90. The van der Waals surface area contributed by atoms with Gasteiger partial charge in [0.15, 0.2) is 5.75 Å². The molecule has 0 aliphatic rings. The largest absolute Gasteiger partial charge is 0.290 e. The van der Waals surface area contributed by atoms with Crippen molar-refractivity contribution in [2.75, 3.05) is 0 Å². The van der Waals surface area contributed by atoms with E-state index in [1.807, 2.05) is 0 Å². The van der Waals surface area contributed by atoms with Gasteiger partial charge in [-0.25, -0.2) is 0 Å². The molecule has 0 atom stereocenters. The van der Waals surface area contributed by atoms with Gasteiger partial charge >= 0.3 is 0 Å². The van der Waals surface area contributed by atoms with Crippen molar-refractivity contribution < 1.29 is 5.11 Å². The summed E-state index contributed by atoms with van der Waals surface area (Å²) in [5, 5.41) is 10.5. The van der Waals surface area contributed by atoms with Crippen molar-refractivity contribution in [1.82, 2.24) is 0 Å². The number of hydrogen-bond acceptors (Lipinski definition) is 0. The summed E-state index contributed by atoms with van der Waals surface area (Å²) in [5.41, 5.74) is 0.983. The van der Waals surface area contributed by atoms with Gasteiger partial charge in [0, 0.05) is 5.88 Å². The summed E-state index contributed by atoms with van der Waals surface area (Å²) in [7, 11) is 0. The molecule has 2 heteroatoms. The van der Waals surface area contributed by atoms with Gasteiger partial charge in [-0.2, -0.15) is 0 Å². The summed E-state index contributed by atoms with van der Waals surface area (Å²) in [6, 6.07) is 6.49. The second-order valence-electron chi connectivity index (χ2n) is 1.78. The van der Waals surface area contributed by atoms with Gasteiger partial charge in [0.2, 0.25) is 0 Å². The first kappa shape index (κ1) is 6.43. The Bertz CT molecular complexity index is 181. The Balaban J connectivity index is 2.88. The smallest absolute Gasteiger partial charge is 0.178 e. The summed E-state index contributed by atoms with van der Waals surface area (Å²) in [4.78, 5) is 0. The predicted molar refractivity (Wildman–Crippen MR) is 36.1 cm³/mol. The SMILES string of the molecule is [O]c1ccc(CCl)cc1. The van der Waals surface area contributed by atoms with Crippen molar-refractivity contribution in [3.8, 4) is 5.75 Å². The van der Waals surface area contributed by atoms with E-state index in [1.165, 1.54) is 12.1 Å². The summed E-state index contributed by atoms with van der Waals surface area (Å²) < 4.78 is 0. The van der Waals surface area contributed by atoms with Crippen LogP contribution in [0.2, 0.25) is 0 Å². The average molecular weight is 142 g/mol. The summed E-state index contributed by atoms with van der Waals surface area (Å²) >= 11 is 5.48. The van der Waals surface area contributed by atoms with Crippen molar-refractivity contribution in [1.29, 1.82) is 0 Å². The van der Waals surface area contributed by atoms with E-state index in [-0.39, 0.29) is 5.75 Å². The highest BCUT2D eigenvalue weighted by Gasteiger charge is 1.89. The molecule has 0 N–H and O–H groups in total. The van der Waals surface area contributed by atoms with Crippen LogP contribution in [0.25, 0.3) is 0 Å². The topological polar surface area (TPSA) is 19.9 Å². The fourth-order valence-corrected chi connectivity index (χ4v) is 0.757. The van der Waals surface area contributed by atoms with Gasteiger partial charge in [-0.1, -0.05) is 12.1 Å². The molecule has 0 heterocycles. The lowest BCUT2D eigenvalue weighted by molar-refractivity contribution is 0.355. The molecule has 0 spiro atoms. The zero-order valence-corrected chi connectivity index (χ0v) is 5.56. The third-order valence-electron chi connectivity index (χ3n) is 1.08. The molecule has 0 unspecified atom stereocenters. The first-order valence-electron chi connectivity index (χ1n) is 2.65. The van der Waals surface area contributed by atoms with Gasteiger partial charge in [0.05, 0.1) is 0 Å². The van der Waals surface area contributed by atoms with Crippen LogP contribution in [0.3, 0.4) is 0 Å². The maximum absolute atomic E-state index is 10.5. The highest BCUT2D eigenvalue weighted by atomic mass is 35.5. The molecule has 0 saturated carbocycles. The summed E-state index contributed by atoms with van der Waals surface area (Å²) in [6.45, 7) is 0. The molecule has 0 aliphatic heterocycles. The number of alkyl halides is 1. The normalized spacial score (nSPS) is 9.44. The fourth-order valence-electron chi connectivity index (χ4n) is 0.579. The van der Waals surface area contributed by atoms with E-state index in [9.17, 15) is 5.11 Å². The van der Waals surface area contributed by atoms with E-state index in [4.69, 9.17) is 11.6 Å². The van der Waals surface area contributed by atoms with E-state index in [0.29, 0.717) is 5.88 Å². The van der Waals surface area contributed by atoms with Gasteiger partial charge in [0.25, 0.3) is 0 Å². The molecule has 0 saturated heterocycles. The highest BCUT2D eigenvalue weighted by Crippen LogP contribution is 2.11. The minimum absolute atomic E-state index is 0.0314. The Morgan fingerprint density at radius 2 is 1.78 bits per heavy atom. The van der Waals surface area contributed by atoms with E-state index < -0.39 is 0 Å². The van der Waals surface area contributed by atoms with Crippen LogP contribution in [-0.2, 0) is 11.0 Å². The third kappa shape index (κ3) is 1.61. The molecule has 1 rings (SSSR count). The van der Waals surface area contributed by atoms with Gasteiger partial charge in [-0.15, -0.1) is 11.6 Å².